The van der Waals surface area contributed by atoms with Gasteiger partial charge < -0.3 is 0 Å². The molecule has 75 valence electrons. The van der Waals surface area contributed by atoms with E-state index in [9.17, 15) is 0 Å². The van der Waals surface area contributed by atoms with Crippen molar-refractivity contribution in [2.45, 2.75) is 0 Å². The number of halogens is 6. The SMILES string of the molecule is BrI.BrI.BrI.[Ag].[Ag].[Ag]. The zero-order chi connectivity index (χ0) is 6.00. The number of rotatable bonds is 0. The van der Waals surface area contributed by atoms with Gasteiger partial charge in [0.1, 0.15) is 0 Å². The summed E-state index contributed by atoms with van der Waals surface area (Å²) in [4.78, 5) is 0. The molecule has 0 atom stereocenters. The van der Waals surface area contributed by atoms with E-state index >= 15 is 0 Å². The first-order chi connectivity index (χ1) is 3.00. The average Bonchev–Trinajstić information content (AvgIpc) is 1.81. The van der Waals surface area contributed by atoms with E-state index in [1.807, 2.05) is 61.1 Å². The first-order valence-corrected chi connectivity index (χ1v) is 14.9. The summed E-state index contributed by atoms with van der Waals surface area (Å²) in [5.74, 6) is 0. The largest absolute Gasteiger partial charge is 0.00711 e. The molecular weight excluding hydrogens is 944 g/mol. The Morgan fingerprint density at radius 2 is 0.444 bits per heavy atom. The molecule has 0 amide bonds. The molecule has 0 N–H and O–H groups in total. The Hall–Kier alpha value is 5.85. The van der Waals surface area contributed by atoms with Gasteiger partial charge in [0.25, 0.3) is 0 Å². The van der Waals surface area contributed by atoms with E-state index in [4.69, 9.17) is 0 Å². The van der Waals surface area contributed by atoms with E-state index in [1.54, 1.807) is 0 Å². The molecule has 0 aliphatic heterocycles. The van der Waals surface area contributed by atoms with Gasteiger partial charge in [0, 0.05) is 128 Å². The summed E-state index contributed by atoms with van der Waals surface area (Å²) >= 11 is 14.6. The minimum absolute atomic E-state index is 0. The summed E-state index contributed by atoms with van der Waals surface area (Å²) in [6, 6.07) is 0. The van der Waals surface area contributed by atoms with E-state index in [2.05, 4.69) is 38.1 Å². The number of hydrogen-bond donors (Lipinski definition) is 0. The third kappa shape index (κ3) is 56.8. The zero-order valence-electron chi connectivity index (χ0n) is 3.17. The Morgan fingerprint density at radius 1 is 0.444 bits per heavy atom. The molecule has 0 spiro atoms. The second kappa shape index (κ2) is 66.8. The maximum absolute atomic E-state index is 2.91. The third-order valence-electron chi connectivity index (χ3n) is 0. The molecule has 0 unspecified atom stereocenters. The Morgan fingerprint density at radius 3 is 0.444 bits per heavy atom. The predicted octanol–water partition coefficient (Wildman–Crippen LogP) is 5.19. The van der Waals surface area contributed by atoms with E-state index in [0.29, 0.717) is 0 Å². The molecule has 0 aromatic heterocycles. The smallest absolute Gasteiger partial charge is 0.00711 e. The van der Waals surface area contributed by atoms with Gasteiger partial charge in [-0.3, -0.25) is 0 Å². The van der Waals surface area contributed by atoms with Crippen LogP contribution in [0.2, 0.25) is 0 Å². The molecule has 0 nitrogen and oxygen atoms in total. The summed E-state index contributed by atoms with van der Waals surface area (Å²) in [5, 5.41) is 0. The van der Waals surface area contributed by atoms with E-state index in [1.165, 1.54) is 0 Å². The van der Waals surface area contributed by atoms with Gasteiger partial charge in [-0.15, -0.1) is 0 Å². The van der Waals surface area contributed by atoms with Gasteiger partial charge in [-0.2, -0.15) is 0 Å². The topological polar surface area (TPSA) is 0 Å². The Kier molecular flexibility index (Phi) is 270. The predicted molar refractivity (Wildman–Crippen MR) is 68.8 cm³/mol. The van der Waals surface area contributed by atoms with E-state index in [-0.39, 0.29) is 67.1 Å². The molecule has 0 aromatic carbocycles. The molecule has 0 saturated carbocycles. The average molecular weight is 944 g/mol. The van der Waals surface area contributed by atoms with Crippen LogP contribution in [-0.4, -0.2) is 0 Å². The van der Waals surface area contributed by atoms with Crippen LogP contribution in [0, 0.1) is 0 Å². The van der Waals surface area contributed by atoms with Crippen molar-refractivity contribution >= 4 is 99.2 Å². The summed E-state index contributed by atoms with van der Waals surface area (Å²) in [7, 11) is 0. The molecular formula is Ag3Br3I3. The second-order valence-electron chi connectivity index (χ2n) is 0. The standard InChI is InChI=1S/3Ag.3BrI/c;;;3*1-2. The van der Waals surface area contributed by atoms with Gasteiger partial charge in [0.05, 0.1) is 0 Å². The van der Waals surface area contributed by atoms with Crippen molar-refractivity contribution in [1.82, 2.24) is 0 Å². The van der Waals surface area contributed by atoms with Crippen LogP contribution in [-0.2, 0) is 67.1 Å². The molecule has 0 fully saturated rings. The fourth-order valence-electron chi connectivity index (χ4n) is 0. The van der Waals surface area contributed by atoms with Crippen LogP contribution in [0.25, 0.3) is 0 Å². The molecule has 3 radical (unpaired) electrons. The van der Waals surface area contributed by atoms with Crippen molar-refractivity contribution in [2.24, 2.45) is 0 Å². The van der Waals surface area contributed by atoms with Gasteiger partial charge >= 0.3 is 0 Å². The second-order valence-corrected chi connectivity index (χ2v) is 0. The van der Waals surface area contributed by atoms with Crippen molar-refractivity contribution in [3.05, 3.63) is 0 Å². The van der Waals surface area contributed by atoms with Gasteiger partial charge in [-0.25, -0.2) is 0 Å². The van der Waals surface area contributed by atoms with Crippen LogP contribution < -0.4 is 0 Å². The van der Waals surface area contributed by atoms with Crippen LogP contribution in [0.5, 0.6) is 0 Å². The molecule has 0 rings (SSSR count). The maximum atomic E-state index is 2.91. The van der Waals surface area contributed by atoms with Crippen molar-refractivity contribution < 1.29 is 67.1 Å². The zero-order valence-corrected chi connectivity index (χ0v) is 18.8. The van der Waals surface area contributed by atoms with Crippen LogP contribution in [0.3, 0.4) is 0 Å². The van der Waals surface area contributed by atoms with Crippen LogP contribution in [0.4, 0.5) is 0 Å². The van der Waals surface area contributed by atoms with Crippen molar-refractivity contribution in [1.29, 1.82) is 0 Å². The first-order valence-electron chi connectivity index (χ1n) is 0.429. The normalized spacial score (nSPS) is 2.00. The Bertz CT molecular complexity index is 14.3. The van der Waals surface area contributed by atoms with Gasteiger partial charge in [0.2, 0.25) is 0 Å². The minimum Gasteiger partial charge on any atom is -0.00711 e. The fourth-order valence-corrected chi connectivity index (χ4v) is 0. The van der Waals surface area contributed by atoms with Gasteiger partial charge in [-0.1, -0.05) is 0 Å². The molecule has 9 heavy (non-hydrogen) atoms. The van der Waals surface area contributed by atoms with Gasteiger partial charge in [-0.05, 0) is 38.1 Å². The minimum atomic E-state index is 0. The molecule has 0 aliphatic carbocycles. The summed E-state index contributed by atoms with van der Waals surface area (Å²) in [5.41, 5.74) is 0. The van der Waals surface area contributed by atoms with Crippen molar-refractivity contribution in [3.63, 3.8) is 0 Å². The van der Waals surface area contributed by atoms with Crippen LogP contribution in [0.1, 0.15) is 0 Å². The molecule has 0 aromatic rings. The summed E-state index contributed by atoms with van der Waals surface area (Å²) < 4.78 is 0. The Labute approximate surface area is 162 Å². The number of hydrogen-bond acceptors (Lipinski definition) is 0. The molecule has 0 aliphatic rings. The van der Waals surface area contributed by atoms with Crippen LogP contribution in [0.15, 0.2) is 0 Å². The van der Waals surface area contributed by atoms with Gasteiger partial charge in [0.15, 0.2) is 0 Å². The van der Waals surface area contributed by atoms with E-state index < -0.39 is 0 Å². The molecule has 0 heterocycles. The quantitative estimate of drug-likeness (QED) is 0.232. The molecule has 0 saturated heterocycles. The monoisotopic (exact) mass is 938 g/mol. The van der Waals surface area contributed by atoms with Crippen LogP contribution >= 0.6 is 99.2 Å². The van der Waals surface area contributed by atoms with Crippen molar-refractivity contribution in [2.75, 3.05) is 0 Å². The third-order valence-corrected chi connectivity index (χ3v) is 0. The fraction of sp³-hybridized carbons (Fsp3) is 0. The summed E-state index contributed by atoms with van der Waals surface area (Å²) in [6.45, 7) is 0. The maximum Gasteiger partial charge on any atom is 0.00711 e. The van der Waals surface area contributed by atoms with E-state index in [0.717, 1.165) is 0 Å². The molecule has 9 heteroatoms. The first kappa shape index (κ1) is 36.4. The van der Waals surface area contributed by atoms with Crippen molar-refractivity contribution in [3.8, 4) is 0 Å². The summed E-state index contributed by atoms with van der Waals surface area (Å²) in [6.07, 6.45) is 0. The molecule has 0 bridgehead atoms. The Balaban J connectivity index is -0.00000000321.